The van der Waals surface area contributed by atoms with Crippen LogP contribution in [0, 0.1) is 23.1 Å². The summed E-state index contributed by atoms with van der Waals surface area (Å²) in [5.41, 5.74) is 1.63. The second-order valence-electron chi connectivity index (χ2n) is 8.22. The average Bonchev–Trinajstić information content (AvgIpc) is 2.82. The van der Waals surface area contributed by atoms with Gasteiger partial charge in [0.1, 0.15) is 6.04 Å². The number of nitriles is 1. The second-order valence-corrected chi connectivity index (χ2v) is 8.22. The van der Waals surface area contributed by atoms with Crippen molar-refractivity contribution in [3.05, 3.63) is 58.3 Å². The van der Waals surface area contributed by atoms with Gasteiger partial charge in [-0.05, 0) is 30.0 Å². The molecule has 1 unspecified atom stereocenters. The number of carbonyl (C=O) groups is 2. The zero-order valence-electron chi connectivity index (χ0n) is 18.9. The lowest BCUT2D eigenvalue weighted by Gasteiger charge is -2.22. The number of nitrogens with zero attached hydrogens (tertiary/aromatic N) is 2. The third-order valence-electron chi connectivity index (χ3n) is 5.56. The highest BCUT2D eigenvalue weighted by atomic mass is 19.4. The first kappa shape index (κ1) is 27.6. The van der Waals surface area contributed by atoms with E-state index in [4.69, 9.17) is 9.90 Å². The van der Waals surface area contributed by atoms with Gasteiger partial charge in [-0.3, -0.25) is 9.59 Å². The molecule has 1 fully saturated rings. The van der Waals surface area contributed by atoms with Gasteiger partial charge in [-0.15, -0.1) is 0 Å². The van der Waals surface area contributed by atoms with Crippen LogP contribution in [0.1, 0.15) is 37.7 Å². The topological polar surface area (TPSA) is 112 Å². The van der Waals surface area contributed by atoms with E-state index < -0.39 is 29.6 Å². The van der Waals surface area contributed by atoms with Gasteiger partial charge in [-0.1, -0.05) is 43.5 Å². The Morgan fingerprint density at radius 3 is 2.23 bits per heavy atom. The summed E-state index contributed by atoms with van der Waals surface area (Å²) in [6, 6.07) is 10.2. The van der Waals surface area contributed by atoms with Gasteiger partial charge in [-0.2, -0.15) is 18.4 Å². The van der Waals surface area contributed by atoms with E-state index in [0.717, 1.165) is 36.8 Å². The summed E-state index contributed by atoms with van der Waals surface area (Å²) in [7, 11) is 1.51. The number of rotatable bonds is 5. The van der Waals surface area contributed by atoms with Crippen molar-refractivity contribution in [3.63, 3.8) is 0 Å². The molecule has 1 amide bonds. The van der Waals surface area contributed by atoms with Crippen LogP contribution in [0.4, 0.5) is 17.6 Å². The van der Waals surface area contributed by atoms with Crippen molar-refractivity contribution >= 4 is 11.9 Å². The molecule has 0 spiro atoms. The molecule has 2 N–H and O–H groups in total. The summed E-state index contributed by atoms with van der Waals surface area (Å²) < 4.78 is 46.6. The smallest absolute Gasteiger partial charge is 0.475 e. The number of halogens is 4. The van der Waals surface area contributed by atoms with Crippen LogP contribution in [0.25, 0.3) is 11.1 Å². The number of aliphatic carboxylic acids is 1. The standard InChI is InChI=1S/C22H24FN3O2.C2HF3O2/c1-26-14-18(12-20(23)22(26)28)16-9-7-15(8-10-16)11-19(13-24)25-21(27)17-5-3-2-4-6-17;3-2(4,5)1(6)7/h7-10,12,14,17,19H,2-6,11H2,1H3,(H,25,27);(H,6,7). The molecule has 1 aromatic carbocycles. The number of carboxylic acid groups (broad SMARTS) is 1. The molecule has 35 heavy (non-hydrogen) atoms. The molecule has 0 saturated heterocycles. The fraction of sp³-hybridized carbons (Fsp3) is 0.417. The zero-order chi connectivity index (χ0) is 26.2. The maximum Gasteiger partial charge on any atom is 0.490 e. The minimum absolute atomic E-state index is 0.0200. The first-order chi connectivity index (χ1) is 16.4. The quantitative estimate of drug-likeness (QED) is 0.610. The second kappa shape index (κ2) is 12.1. The van der Waals surface area contributed by atoms with E-state index in [2.05, 4.69) is 11.4 Å². The first-order valence-electron chi connectivity index (χ1n) is 10.9. The van der Waals surface area contributed by atoms with Gasteiger partial charge in [0.25, 0.3) is 5.56 Å². The van der Waals surface area contributed by atoms with Gasteiger partial charge < -0.3 is 15.0 Å². The van der Waals surface area contributed by atoms with Crippen LogP contribution < -0.4 is 10.9 Å². The Kier molecular flexibility index (Phi) is 9.57. The molecular formula is C24H25F4N3O4. The molecule has 188 valence electrons. The predicted octanol–water partition coefficient (Wildman–Crippen LogP) is 3.96. The lowest BCUT2D eigenvalue weighted by atomic mass is 9.88. The molecule has 11 heteroatoms. The summed E-state index contributed by atoms with van der Waals surface area (Å²) in [4.78, 5) is 32.7. The van der Waals surface area contributed by atoms with Gasteiger partial charge in [0.2, 0.25) is 5.91 Å². The third-order valence-corrected chi connectivity index (χ3v) is 5.56. The Hall–Kier alpha value is -3.68. The number of amides is 1. The number of hydrogen-bond acceptors (Lipinski definition) is 4. The average molecular weight is 495 g/mol. The van der Waals surface area contributed by atoms with Crippen molar-refractivity contribution in [2.24, 2.45) is 13.0 Å². The fourth-order valence-corrected chi connectivity index (χ4v) is 3.68. The SMILES string of the molecule is Cn1cc(-c2ccc(CC(C#N)NC(=O)C3CCCCC3)cc2)cc(F)c1=O.O=C(O)C(F)(F)F. The van der Waals surface area contributed by atoms with Crippen LogP contribution in [-0.2, 0) is 23.1 Å². The molecule has 1 heterocycles. The monoisotopic (exact) mass is 495 g/mol. The molecule has 1 atom stereocenters. The van der Waals surface area contributed by atoms with Gasteiger partial charge in [0.15, 0.2) is 5.82 Å². The maximum atomic E-state index is 13.7. The molecule has 1 aliphatic carbocycles. The Balaban J connectivity index is 0.000000540. The van der Waals surface area contributed by atoms with Crippen molar-refractivity contribution in [2.45, 2.75) is 50.7 Å². The summed E-state index contributed by atoms with van der Waals surface area (Å²) in [6.07, 6.45) is 2.03. The van der Waals surface area contributed by atoms with Crippen molar-refractivity contribution in [2.75, 3.05) is 0 Å². The highest BCUT2D eigenvalue weighted by Crippen LogP contribution is 2.24. The third kappa shape index (κ3) is 8.24. The minimum atomic E-state index is -5.08. The van der Waals surface area contributed by atoms with Gasteiger partial charge >= 0.3 is 12.1 Å². The van der Waals surface area contributed by atoms with Crippen molar-refractivity contribution < 1.29 is 32.3 Å². The van der Waals surface area contributed by atoms with Crippen LogP contribution in [0.5, 0.6) is 0 Å². The largest absolute Gasteiger partial charge is 0.490 e. The Morgan fingerprint density at radius 1 is 1.17 bits per heavy atom. The Morgan fingerprint density at radius 2 is 1.74 bits per heavy atom. The zero-order valence-corrected chi connectivity index (χ0v) is 18.9. The Bertz CT molecular complexity index is 1110. The molecule has 0 bridgehead atoms. The highest BCUT2D eigenvalue weighted by molar-refractivity contribution is 5.79. The fourth-order valence-electron chi connectivity index (χ4n) is 3.68. The van der Waals surface area contributed by atoms with Crippen LogP contribution in [-0.4, -0.2) is 33.8 Å². The van der Waals surface area contributed by atoms with Crippen LogP contribution >= 0.6 is 0 Å². The van der Waals surface area contributed by atoms with Gasteiger partial charge in [-0.25, -0.2) is 9.18 Å². The van der Waals surface area contributed by atoms with E-state index in [9.17, 15) is 32.4 Å². The summed E-state index contributed by atoms with van der Waals surface area (Å²) in [5.74, 6) is -3.55. The van der Waals surface area contributed by atoms with Gasteiger partial charge in [0.05, 0.1) is 6.07 Å². The predicted molar refractivity (Wildman–Crippen MR) is 119 cm³/mol. The van der Waals surface area contributed by atoms with E-state index in [-0.39, 0.29) is 11.8 Å². The molecule has 1 aromatic heterocycles. The molecule has 3 rings (SSSR count). The number of pyridine rings is 1. The van der Waals surface area contributed by atoms with E-state index in [0.29, 0.717) is 12.0 Å². The van der Waals surface area contributed by atoms with E-state index in [1.165, 1.54) is 24.1 Å². The number of alkyl halides is 3. The molecule has 2 aromatic rings. The van der Waals surface area contributed by atoms with Crippen LogP contribution in [0.3, 0.4) is 0 Å². The summed E-state index contributed by atoms with van der Waals surface area (Å²) >= 11 is 0. The number of nitrogens with one attached hydrogen (secondary N) is 1. The van der Waals surface area contributed by atoms with E-state index in [1.807, 2.05) is 24.3 Å². The number of carboxylic acids is 1. The number of benzene rings is 1. The summed E-state index contributed by atoms with van der Waals surface area (Å²) in [6.45, 7) is 0. The number of carbonyl (C=O) groups excluding carboxylic acids is 1. The molecule has 0 radical (unpaired) electrons. The van der Waals surface area contributed by atoms with Gasteiger partial charge in [0, 0.05) is 31.1 Å². The minimum Gasteiger partial charge on any atom is -0.475 e. The van der Waals surface area contributed by atoms with E-state index >= 15 is 0 Å². The highest BCUT2D eigenvalue weighted by Gasteiger charge is 2.38. The lowest BCUT2D eigenvalue weighted by molar-refractivity contribution is -0.192. The van der Waals surface area contributed by atoms with Crippen LogP contribution in [0.15, 0.2) is 41.3 Å². The molecule has 1 aliphatic rings. The summed E-state index contributed by atoms with van der Waals surface area (Å²) in [5, 5.41) is 19.4. The molecular weight excluding hydrogens is 470 g/mol. The van der Waals surface area contributed by atoms with E-state index in [1.54, 1.807) is 6.20 Å². The maximum absolute atomic E-state index is 13.7. The normalized spacial score (nSPS) is 14.7. The molecule has 7 nitrogen and oxygen atoms in total. The molecule has 1 saturated carbocycles. The van der Waals surface area contributed by atoms with Crippen molar-refractivity contribution in [1.82, 2.24) is 9.88 Å². The Labute approximate surface area is 199 Å². The molecule has 0 aliphatic heterocycles. The number of aryl methyl sites for hydroxylation is 1. The lowest BCUT2D eigenvalue weighted by Crippen LogP contribution is -2.40. The van der Waals surface area contributed by atoms with Crippen LogP contribution in [0.2, 0.25) is 0 Å². The first-order valence-corrected chi connectivity index (χ1v) is 10.9. The number of aromatic nitrogens is 1. The van der Waals surface area contributed by atoms with Crippen molar-refractivity contribution in [1.29, 1.82) is 5.26 Å². The number of hydrogen-bond donors (Lipinski definition) is 2. The van der Waals surface area contributed by atoms with Crippen molar-refractivity contribution in [3.8, 4) is 17.2 Å².